The number of fused-ring (bicyclic) bond motifs is 2. The Labute approximate surface area is 132 Å². The number of piperidine rings is 2. The summed E-state index contributed by atoms with van der Waals surface area (Å²) in [5.41, 5.74) is 0.398. The molecule has 1 unspecified atom stereocenters. The van der Waals surface area contributed by atoms with E-state index in [0.717, 1.165) is 31.2 Å². The Morgan fingerprint density at radius 3 is 2.50 bits per heavy atom. The van der Waals surface area contributed by atoms with Crippen LogP contribution < -0.4 is 0 Å². The maximum absolute atomic E-state index is 12.5. The van der Waals surface area contributed by atoms with Gasteiger partial charge in [-0.2, -0.15) is 0 Å². The van der Waals surface area contributed by atoms with Crippen LogP contribution in [0, 0.1) is 0 Å². The third-order valence-electron chi connectivity index (χ3n) is 5.17. The molecule has 2 heterocycles. The maximum Gasteiger partial charge on any atom is 0.410 e. The Balaban J connectivity index is 1.65. The van der Waals surface area contributed by atoms with Crippen molar-refractivity contribution in [2.45, 2.75) is 69.7 Å². The third-order valence-corrected chi connectivity index (χ3v) is 5.17. The average molecular weight is 303 g/mol. The number of ether oxygens (including phenoxy) is 1. The van der Waals surface area contributed by atoms with E-state index in [2.05, 4.69) is 0 Å². The van der Waals surface area contributed by atoms with E-state index in [-0.39, 0.29) is 18.2 Å². The molecule has 2 fully saturated rings. The second-order valence-electron chi connectivity index (χ2n) is 6.67. The third kappa shape index (κ3) is 3.12. The minimum absolute atomic E-state index is 0.126. The lowest BCUT2D eigenvalue weighted by Crippen LogP contribution is -2.59. The summed E-state index contributed by atoms with van der Waals surface area (Å²) in [4.78, 5) is 14.4. The highest BCUT2D eigenvalue weighted by atomic mass is 16.6. The summed E-state index contributed by atoms with van der Waals surface area (Å²) in [6, 6.07) is 10.0. The Morgan fingerprint density at radius 2 is 1.91 bits per heavy atom. The Morgan fingerprint density at radius 1 is 1.27 bits per heavy atom. The fraction of sp³-hybridized carbons (Fsp3) is 0.611. The highest BCUT2D eigenvalue weighted by molar-refractivity contribution is 5.69. The van der Waals surface area contributed by atoms with Crippen LogP contribution in [0.15, 0.2) is 30.3 Å². The van der Waals surface area contributed by atoms with E-state index in [1.165, 1.54) is 0 Å². The highest BCUT2D eigenvalue weighted by Gasteiger charge is 2.46. The van der Waals surface area contributed by atoms with Gasteiger partial charge in [0.25, 0.3) is 0 Å². The Bertz CT molecular complexity index is 502. The van der Waals surface area contributed by atoms with Crippen LogP contribution in [0.5, 0.6) is 0 Å². The van der Waals surface area contributed by atoms with Crippen LogP contribution in [0.3, 0.4) is 0 Å². The normalized spacial score (nSPS) is 30.9. The number of amides is 1. The van der Waals surface area contributed by atoms with Crippen molar-refractivity contribution in [3.05, 3.63) is 35.9 Å². The van der Waals surface area contributed by atoms with Crippen LogP contribution in [0.2, 0.25) is 0 Å². The SMILES string of the molecule is CCC1(O)C[C@H]2CCC[C@@H](C1)N2C(=O)OCc1ccccc1. The van der Waals surface area contributed by atoms with Gasteiger partial charge < -0.3 is 14.7 Å². The topological polar surface area (TPSA) is 49.8 Å². The highest BCUT2D eigenvalue weighted by Crippen LogP contribution is 2.40. The molecule has 0 saturated carbocycles. The van der Waals surface area contributed by atoms with Crippen LogP contribution >= 0.6 is 0 Å². The summed E-state index contributed by atoms with van der Waals surface area (Å²) in [6.07, 6.45) is 4.97. The summed E-state index contributed by atoms with van der Waals surface area (Å²) in [7, 11) is 0. The zero-order valence-electron chi connectivity index (χ0n) is 13.2. The molecular weight excluding hydrogens is 278 g/mol. The average Bonchev–Trinajstić information content (AvgIpc) is 2.53. The van der Waals surface area contributed by atoms with E-state index in [1.54, 1.807) is 0 Å². The second-order valence-corrected chi connectivity index (χ2v) is 6.67. The molecule has 3 rings (SSSR count). The maximum atomic E-state index is 12.5. The molecule has 1 N–H and O–H groups in total. The Kier molecular flexibility index (Phi) is 4.39. The fourth-order valence-corrected chi connectivity index (χ4v) is 3.91. The van der Waals surface area contributed by atoms with E-state index >= 15 is 0 Å². The molecule has 0 radical (unpaired) electrons. The number of rotatable bonds is 3. The number of hydrogen-bond acceptors (Lipinski definition) is 3. The molecule has 0 spiro atoms. The lowest BCUT2D eigenvalue weighted by atomic mass is 9.74. The Hall–Kier alpha value is -1.55. The van der Waals surface area contributed by atoms with E-state index in [9.17, 15) is 9.90 Å². The lowest BCUT2D eigenvalue weighted by molar-refractivity contribution is -0.0866. The van der Waals surface area contributed by atoms with E-state index in [1.807, 2.05) is 42.2 Å². The molecule has 0 aromatic heterocycles. The first kappa shape index (κ1) is 15.3. The van der Waals surface area contributed by atoms with E-state index in [0.29, 0.717) is 19.4 Å². The minimum atomic E-state index is -0.605. The van der Waals surface area contributed by atoms with Crippen LogP contribution in [0.25, 0.3) is 0 Å². The van der Waals surface area contributed by atoms with Gasteiger partial charge in [0.2, 0.25) is 0 Å². The van der Waals surface area contributed by atoms with Gasteiger partial charge in [0.1, 0.15) is 6.61 Å². The molecule has 2 aliphatic heterocycles. The number of aliphatic hydroxyl groups is 1. The predicted octanol–water partition coefficient (Wildman–Crippen LogP) is 3.48. The molecule has 1 aromatic carbocycles. The van der Waals surface area contributed by atoms with Gasteiger partial charge in [0.15, 0.2) is 0 Å². The van der Waals surface area contributed by atoms with Crippen molar-refractivity contribution in [3.8, 4) is 0 Å². The van der Waals surface area contributed by atoms with Gasteiger partial charge in [-0.05, 0) is 44.1 Å². The summed E-state index contributed by atoms with van der Waals surface area (Å²) >= 11 is 0. The van der Waals surface area contributed by atoms with Crippen molar-refractivity contribution < 1.29 is 14.6 Å². The zero-order valence-corrected chi connectivity index (χ0v) is 13.2. The molecule has 2 saturated heterocycles. The van der Waals surface area contributed by atoms with Crippen molar-refractivity contribution in [2.75, 3.05) is 0 Å². The van der Waals surface area contributed by atoms with E-state index in [4.69, 9.17) is 4.74 Å². The molecule has 1 amide bonds. The molecular formula is C18H25NO3. The van der Waals surface area contributed by atoms with Gasteiger partial charge in [-0.3, -0.25) is 0 Å². The van der Waals surface area contributed by atoms with Gasteiger partial charge in [-0.25, -0.2) is 4.79 Å². The van der Waals surface area contributed by atoms with Crippen molar-refractivity contribution in [1.82, 2.24) is 4.90 Å². The molecule has 3 atom stereocenters. The molecule has 1 aromatic rings. The number of carbonyl (C=O) groups is 1. The predicted molar refractivity (Wildman–Crippen MR) is 84.4 cm³/mol. The van der Waals surface area contributed by atoms with Crippen LogP contribution in [-0.4, -0.2) is 33.8 Å². The van der Waals surface area contributed by atoms with Gasteiger partial charge in [-0.15, -0.1) is 0 Å². The first-order chi connectivity index (χ1) is 10.6. The largest absolute Gasteiger partial charge is 0.445 e. The van der Waals surface area contributed by atoms with E-state index < -0.39 is 5.60 Å². The molecule has 22 heavy (non-hydrogen) atoms. The number of carbonyl (C=O) groups excluding carboxylic acids is 1. The van der Waals surface area contributed by atoms with Crippen molar-refractivity contribution >= 4 is 6.09 Å². The quantitative estimate of drug-likeness (QED) is 0.930. The zero-order chi connectivity index (χ0) is 15.6. The summed E-state index contributed by atoms with van der Waals surface area (Å²) in [5.74, 6) is 0. The van der Waals surface area contributed by atoms with Crippen LogP contribution in [0.4, 0.5) is 4.79 Å². The molecule has 120 valence electrons. The van der Waals surface area contributed by atoms with Gasteiger partial charge >= 0.3 is 6.09 Å². The minimum Gasteiger partial charge on any atom is -0.445 e. The molecule has 0 aliphatic carbocycles. The number of nitrogens with zero attached hydrogens (tertiary/aromatic N) is 1. The monoisotopic (exact) mass is 303 g/mol. The second kappa shape index (κ2) is 6.29. The van der Waals surface area contributed by atoms with Gasteiger partial charge in [0.05, 0.1) is 5.60 Å². The molecule has 4 heteroatoms. The van der Waals surface area contributed by atoms with Gasteiger partial charge in [-0.1, -0.05) is 37.3 Å². The molecule has 2 bridgehead atoms. The smallest absolute Gasteiger partial charge is 0.410 e. The fourth-order valence-electron chi connectivity index (χ4n) is 3.91. The standard InChI is InChI=1S/C18H25NO3/c1-2-18(21)11-15-9-6-10-16(12-18)19(15)17(20)22-13-14-7-4-3-5-8-14/h3-5,7-8,15-16,21H,2,6,9-13H2,1H3/t15-,16+,18?. The number of benzene rings is 1. The molecule has 4 nitrogen and oxygen atoms in total. The molecule has 2 aliphatic rings. The summed E-state index contributed by atoms with van der Waals surface area (Å²) < 4.78 is 5.51. The van der Waals surface area contributed by atoms with Gasteiger partial charge in [0, 0.05) is 12.1 Å². The van der Waals surface area contributed by atoms with Crippen LogP contribution in [-0.2, 0) is 11.3 Å². The summed E-state index contributed by atoms with van der Waals surface area (Å²) in [5, 5.41) is 10.6. The first-order valence-corrected chi connectivity index (χ1v) is 8.33. The lowest BCUT2D eigenvalue weighted by Gasteiger charge is -2.51. The van der Waals surface area contributed by atoms with Crippen molar-refractivity contribution in [2.24, 2.45) is 0 Å². The first-order valence-electron chi connectivity index (χ1n) is 8.33. The van der Waals surface area contributed by atoms with Crippen molar-refractivity contribution in [3.63, 3.8) is 0 Å². The summed E-state index contributed by atoms with van der Waals surface area (Å²) in [6.45, 7) is 2.34. The van der Waals surface area contributed by atoms with Crippen molar-refractivity contribution in [1.29, 1.82) is 0 Å². The van der Waals surface area contributed by atoms with Crippen LogP contribution in [0.1, 0.15) is 51.0 Å². The number of hydrogen-bond donors (Lipinski definition) is 1.